The lowest BCUT2D eigenvalue weighted by Crippen LogP contribution is -2.29. The van der Waals surface area contributed by atoms with E-state index < -0.39 is 12.0 Å². The van der Waals surface area contributed by atoms with Crippen LogP contribution in [0.25, 0.3) is 0 Å². The van der Waals surface area contributed by atoms with Gasteiger partial charge in [-0.25, -0.2) is 0 Å². The van der Waals surface area contributed by atoms with Gasteiger partial charge in [-0.1, -0.05) is 6.42 Å². The van der Waals surface area contributed by atoms with Gasteiger partial charge in [-0.2, -0.15) is 0 Å². The molecule has 5 heteroatoms. The van der Waals surface area contributed by atoms with Crippen LogP contribution in [0.15, 0.2) is 0 Å². The number of carbonyl (C=O) groups is 1. The van der Waals surface area contributed by atoms with Crippen molar-refractivity contribution in [1.29, 1.82) is 0 Å². The van der Waals surface area contributed by atoms with E-state index in [0.29, 0.717) is 13.0 Å². The summed E-state index contributed by atoms with van der Waals surface area (Å²) in [7, 11) is 3.75. The summed E-state index contributed by atoms with van der Waals surface area (Å²) in [4.78, 5) is 10.1. The van der Waals surface area contributed by atoms with E-state index in [2.05, 4.69) is 5.32 Å². The second-order valence-electron chi connectivity index (χ2n) is 2.73. The average molecular weight is 191 g/mol. The molecule has 80 valence electrons. The van der Waals surface area contributed by atoms with E-state index in [-0.39, 0.29) is 0 Å². The van der Waals surface area contributed by atoms with E-state index in [9.17, 15) is 4.79 Å². The zero-order valence-corrected chi connectivity index (χ0v) is 8.42. The maximum Gasteiger partial charge on any atom is 0.320 e. The van der Waals surface area contributed by atoms with Gasteiger partial charge >= 0.3 is 5.97 Å². The molecule has 0 bridgehead atoms. The highest BCUT2D eigenvalue weighted by atomic mass is 16.4. The molecule has 0 heterocycles. The zero-order valence-electron chi connectivity index (χ0n) is 8.42. The minimum atomic E-state index is -0.933. The van der Waals surface area contributed by atoms with Crippen LogP contribution in [-0.2, 0) is 4.79 Å². The lowest BCUT2D eigenvalue weighted by molar-refractivity contribution is -0.138. The molecule has 0 amide bonds. The number of nitrogens with two attached hydrogens (primary N) is 2. The van der Waals surface area contributed by atoms with Crippen molar-refractivity contribution in [2.24, 2.45) is 11.5 Å². The van der Waals surface area contributed by atoms with Gasteiger partial charge in [0.1, 0.15) is 6.04 Å². The number of aliphatic carboxylic acids is 1. The fraction of sp³-hybridized carbons (Fsp3) is 0.875. The Kier molecular flexibility index (Phi) is 13.0. The summed E-state index contributed by atoms with van der Waals surface area (Å²) in [6.07, 6.45) is 2.16. The molecule has 0 saturated carbocycles. The number of carboxylic acid groups (broad SMARTS) is 1. The van der Waals surface area contributed by atoms with Crippen LogP contribution in [0.2, 0.25) is 0 Å². The van der Waals surface area contributed by atoms with E-state index in [1.165, 1.54) is 0 Å². The van der Waals surface area contributed by atoms with Crippen LogP contribution in [-0.4, -0.2) is 37.8 Å². The van der Waals surface area contributed by atoms with E-state index in [0.717, 1.165) is 12.8 Å². The van der Waals surface area contributed by atoms with Crippen molar-refractivity contribution < 1.29 is 9.90 Å². The van der Waals surface area contributed by atoms with E-state index in [1.54, 1.807) is 0 Å². The smallest absolute Gasteiger partial charge is 0.320 e. The minimum Gasteiger partial charge on any atom is -0.480 e. The van der Waals surface area contributed by atoms with Crippen molar-refractivity contribution in [1.82, 2.24) is 5.32 Å². The third kappa shape index (κ3) is 14.2. The normalized spacial score (nSPS) is 11.4. The van der Waals surface area contributed by atoms with Gasteiger partial charge < -0.3 is 21.9 Å². The fourth-order valence-electron chi connectivity index (χ4n) is 0.632. The number of hydrogen-bond donors (Lipinski definition) is 4. The van der Waals surface area contributed by atoms with E-state index in [4.69, 9.17) is 16.6 Å². The Hall–Kier alpha value is -0.650. The molecule has 6 N–H and O–H groups in total. The molecule has 5 nitrogen and oxygen atoms in total. The Morgan fingerprint density at radius 2 is 1.92 bits per heavy atom. The second kappa shape index (κ2) is 11.4. The SMILES string of the molecule is CNC.NCCCC[C@H](N)C(=O)O. The standard InChI is InChI=1S/C6H14N2O2.C2H7N/c7-4-2-1-3-5(8)6(9)10;1-3-2/h5H,1-4,7-8H2,(H,9,10);3H,1-2H3/t5-;/m0./s1. The molecule has 0 rings (SSSR count). The Morgan fingerprint density at radius 1 is 1.46 bits per heavy atom. The van der Waals surface area contributed by atoms with Crippen LogP contribution >= 0.6 is 0 Å². The van der Waals surface area contributed by atoms with Crippen LogP contribution in [0.5, 0.6) is 0 Å². The molecule has 0 aromatic heterocycles. The van der Waals surface area contributed by atoms with E-state index >= 15 is 0 Å². The first kappa shape index (κ1) is 14.9. The second-order valence-corrected chi connectivity index (χ2v) is 2.73. The molecule has 0 spiro atoms. The zero-order chi connectivity index (χ0) is 10.7. The minimum absolute atomic E-state index is 0.520. The number of hydrogen-bond acceptors (Lipinski definition) is 4. The summed E-state index contributed by atoms with van der Waals surface area (Å²) in [5, 5.41) is 11.1. The maximum atomic E-state index is 10.1. The van der Waals surface area contributed by atoms with Gasteiger partial charge in [0, 0.05) is 0 Å². The quantitative estimate of drug-likeness (QED) is 0.433. The van der Waals surface area contributed by atoms with Crippen LogP contribution in [0, 0.1) is 0 Å². The number of nitrogens with one attached hydrogen (secondary N) is 1. The highest BCUT2D eigenvalue weighted by Gasteiger charge is 2.09. The topological polar surface area (TPSA) is 101 Å². The van der Waals surface area contributed by atoms with E-state index in [1.807, 2.05) is 14.1 Å². The van der Waals surface area contributed by atoms with Crippen molar-refractivity contribution in [2.45, 2.75) is 25.3 Å². The van der Waals surface area contributed by atoms with Crippen LogP contribution < -0.4 is 16.8 Å². The number of rotatable bonds is 5. The first-order valence-corrected chi connectivity index (χ1v) is 4.37. The predicted molar refractivity (Wildman–Crippen MR) is 53.5 cm³/mol. The van der Waals surface area contributed by atoms with Gasteiger partial charge in [-0.05, 0) is 33.5 Å². The molecule has 1 atom stereocenters. The van der Waals surface area contributed by atoms with Gasteiger partial charge in [-0.15, -0.1) is 0 Å². The summed E-state index contributed by atoms with van der Waals surface area (Å²) in [5.41, 5.74) is 10.4. The van der Waals surface area contributed by atoms with Gasteiger partial charge in [0.05, 0.1) is 0 Å². The fourth-order valence-corrected chi connectivity index (χ4v) is 0.632. The average Bonchev–Trinajstić information content (AvgIpc) is 2.06. The maximum absolute atomic E-state index is 10.1. The van der Waals surface area contributed by atoms with Crippen molar-refractivity contribution in [3.63, 3.8) is 0 Å². The Bertz CT molecular complexity index is 120. The van der Waals surface area contributed by atoms with Gasteiger partial charge in [-0.3, -0.25) is 4.79 Å². The lowest BCUT2D eigenvalue weighted by atomic mass is 10.1. The Balaban J connectivity index is 0. The number of carboxylic acids is 1. The third-order valence-electron chi connectivity index (χ3n) is 1.29. The molecular formula is C8H21N3O2. The van der Waals surface area contributed by atoms with Gasteiger partial charge in [0.15, 0.2) is 0 Å². The van der Waals surface area contributed by atoms with Crippen molar-refractivity contribution in [2.75, 3.05) is 20.6 Å². The molecule has 0 aliphatic rings. The Labute approximate surface area is 79.5 Å². The Morgan fingerprint density at radius 3 is 2.23 bits per heavy atom. The lowest BCUT2D eigenvalue weighted by Gasteiger charge is -2.03. The first-order chi connectivity index (χ1) is 6.09. The predicted octanol–water partition coefficient (Wildman–Crippen LogP) is -0.637. The van der Waals surface area contributed by atoms with Gasteiger partial charge in [0.25, 0.3) is 0 Å². The summed E-state index contributed by atoms with van der Waals surface area (Å²) < 4.78 is 0. The monoisotopic (exact) mass is 191 g/mol. The van der Waals surface area contributed by atoms with Crippen molar-refractivity contribution in [3.05, 3.63) is 0 Å². The van der Waals surface area contributed by atoms with Gasteiger partial charge in [0.2, 0.25) is 0 Å². The molecule has 0 aliphatic heterocycles. The molecule has 0 aliphatic carbocycles. The summed E-state index contributed by atoms with van der Waals surface area (Å²) in [6, 6.07) is -0.716. The van der Waals surface area contributed by atoms with Crippen LogP contribution in [0.3, 0.4) is 0 Å². The third-order valence-corrected chi connectivity index (χ3v) is 1.29. The molecule has 13 heavy (non-hydrogen) atoms. The van der Waals surface area contributed by atoms with Crippen molar-refractivity contribution >= 4 is 5.97 Å². The molecule has 0 radical (unpaired) electrons. The van der Waals surface area contributed by atoms with Crippen molar-refractivity contribution in [3.8, 4) is 0 Å². The molecule has 0 fully saturated rings. The molecule has 0 aromatic carbocycles. The highest BCUT2D eigenvalue weighted by Crippen LogP contribution is 1.96. The van der Waals surface area contributed by atoms with Crippen LogP contribution in [0.1, 0.15) is 19.3 Å². The summed E-state index contributed by atoms with van der Waals surface area (Å²) in [5.74, 6) is -0.933. The highest BCUT2D eigenvalue weighted by molar-refractivity contribution is 5.72. The first-order valence-electron chi connectivity index (χ1n) is 4.37. The number of unbranched alkanes of at least 4 members (excludes halogenated alkanes) is 1. The molecule has 0 saturated heterocycles. The largest absolute Gasteiger partial charge is 0.480 e. The molecule has 0 aromatic rings. The summed E-state index contributed by atoms with van der Waals surface area (Å²) >= 11 is 0. The summed E-state index contributed by atoms with van der Waals surface area (Å²) in [6.45, 7) is 0.604. The molecule has 0 unspecified atom stereocenters. The van der Waals surface area contributed by atoms with Crippen LogP contribution in [0.4, 0.5) is 0 Å². The molecular weight excluding hydrogens is 170 g/mol.